The maximum Gasteiger partial charge on any atom is 0.191 e. The van der Waals surface area contributed by atoms with Crippen molar-refractivity contribution in [2.75, 3.05) is 13.1 Å². The van der Waals surface area contributed by atoms with Gasteiger partial charge in [0.2, 0.25) is 0 Å². The van der Waals surface area contributed by atoms with E-state index < -0.39 is 0 Å². The quantitative estimate of drug-likeness (QED) is 0.325. The van der Waals surface area contributed by atoms with Crippen molar-refractivity contribution in [1.82, 2.24) is 25.4 Å². The third-order valence-corrected chi connectivity index (χ3v) is 5.55. The SMILES string of the molecule is CCNC(=NCc1ccc(-n2nc(C)cc2C)nc1)NCC(C)Sc1ccccc1. The number of aryl methyl sites for hydroxylation is 2. The molecule has 0 aliphatic rings. The molecule has 0 spiro atoms. The van der Waals surface area contributed by atoms with Crippen LogP contribution in [0.25, 0.3) is 5.82 Å². The molecule has 30 heavy (non-hydrogen) atoms. The van der Waals surface area contributed by atoms with Gasteiger partial charge >= 0.3 is 0 Å². The molecule has 0 radical (unpaired) electrons. The predicted octanol–water partition coefficient (Wildman–Crippen LogP) is 4.12. The van der Waals surface area contributed by atoms with Gasteiger partial charge in [0.1, 0.15) is 0 Å². The number of benzene rings is 1. The van der Waals surface area contributed by atoms with Crippen molar-refractivity contribution in [3.63, 3.8) is 0 Å². The van der Waals surface area contributed by atoms with Gasteiger partial charge in [-0.05, 0) is 50.6 Å². The zero-order valence-corrected chi connectivity index (χ0v) is 18.9. The summed E-state index contributed by atoms with van der Waals surface area (Å²) in [4.78, 5) is 10.5. The molecule has 1 unspecified atom stereocenters. The van der Waals surface area contributed by atoms with Crippen LogP contribution in [0.4, 0.5) is 0 Å². The molecule has 2 heterocycles. The highest BCUT2D eigenvalue weighted by molar-refractivity contribution is 8.00. The lowest BCUT2D eigenvalue weighted by atomic mass is 10.3. The summed E-state index contributed by atoms with van der Waals surface area (Å²) in [5.74, 6) is 1.64. The topological polar surface area (TPSA) is 67.1 Å². The largest absolute Gasteiger partial charge is 0.357 e. The van der Waals surface area contributed by atoms with Crippen molar-refractivity contribution < 1.29 is 0 Å². The molecular weight excluding hydrogens is 392 g/mol. The molecule has 158 valence electrons. The van der Waals surface area contributed by atoms with Gasteiger partial charge in [0, 0.05) is 35.1 Å². The number of thioether (sulfide) groups is 1. The normalized spacial score (nSPS) is 12.6. The van der Waals surface area contributed by atoms with Crippen LogP contribution in [-0.2, 0) is 6.54 Å². The van der Waals surface area contributed by atoms with Gasteiger partial charge in [-0.2, -0.15) is 5.10 Å². The number of guanidine groups is 1. The van der Waals surface area contributed by atoms with Crippen LogP contribution in [0.2, 0.25) is 0 Å². The summed E-state index contributed by atoms with van der Waals surface area (Å²) in [6.07, 6.45) is 1.87. The van der Waals surface area contributed by atoms with Gasteiger partial charge in [-0.25, -0.2) is 14.7 Å². The van der Waals surface area contributed by atoms with Gasteiger partial charge in [0.25, 0.3) is 0 Å². The molecule has 2 aromatic heterocycles. The predicted molar refractivity (Wildman–Crippen MR) is 125 cm³/mol. The second-order valence-electron chi connectivity index (χ2n) is 7.18. The number of nitrogens with zero attached hydrogens (tertiary/aromatic N) is 4. The molecule has 2 N–H and O–H groups in total. The first-order chi connectivity index (χ1) is 14.5. The molecular formula is C23H30N6S. The number of hydrogen-bond acceptors (Lipinski definition) is 4. The van der Waals surface area contributed by atoms with Gasteiger partial charge in [-0.15, -0.1) is 11.8 Å². The highest BCUT2D eigenvalue weighted by Gasteiger charge is 2.07. The first-order valence-electron chi connectivity index (χ1n) is 10.3. The average Bonchev–Trinajstić information content (AvgIpc) is 3.09. The Balaban J connectivity index is 1.56. The fraction of sp³-hybridized carbons (Fsp3) is 0.348. The summed E-state index contributed by atoms with van der Waals surface area (Å²) in [6, 6.07) is 16.6. The summed E-state index contributed by atoms with van der Waals surface area (Å²) in [5, 5.41) is 11.7. The van der Waals surface area contributed by atoms with E-state index in [2.05, 4.69) is 64.9 Å². The molecule has 0 bridgehead atoms. The monoisotopic (exact) mass is 422 g/mol. The van der Waals surface area contributed by atoms with Crippen molar-refractivity contribution in [2.24, 2.45) is 4.99 Å². The molecule has 0 fully saturated rings. The number of aliphatic imine (C=N–C) groups is 1. The Kier molecular flexibility index (Phi) is 7.90. The zero-order valence-electron chi connectivity index (χ0n) is 18.1. The lowest BCUT2D eigenvalue weighted by molar-refractivity contribution is 0.791. The number of pyridine rings is 1. The van der Waals surface area contributed by atoms with Crippen molar-refractivity contribution in [2.45, 2.75) is 44.4 Å². The molecule has 1 aromatic carbocycles. The van der Waals surface area contributed by atoms with Gasteiger partial charge in [0.05, 0.1) is 12.2 Å². The number of aromatic nitrogens is 3. The molecule has 0 amide bonds. The molecule has 6 nitrogen and oxygen atoms in total. The fourth-order valence-electron chi connectivity index (χ4n) is 3.02. The van der Waals surface area contributed by atoms with Crippen molar-refractivity contribution in [3.8, 4) is 5.82 Å². The first kappa shape index (κ1) is 21.9. The summed E-state index contributed by atoms with van der Waals surface area (Å²) in [6.45, 7) is 10.5. The van der Waals surface area contributed by atoms with E-state index in [1.807, 2.05) is 54.7 Å². The molecule has 3 rings (SSSR count). The number of rotatable bonds is 8. The summed E-state index contributed by atoms with van der Waals surface area (Å²) in [7, 11) is 0. The number of hydrogen-bond donors (Lipinski definition) is 2. The first-order valence-corrected chi connectivity index (χ1v) is 11.2. The lowest BCUT2D eigenvalue weighted by Gasteiger charge is -2.15. The van der Waals surface area contributed by atoms with Crippen LogP contribution < -0.4 is 10.6 Å². The van der Waals surface area contributed by atoms with Crippen LogP contribution >= 0.6 is 11.8 Å². The van der Waals surface area contributed by atoms with Gasteiger partial charge in [-0.3, -0.25) is 0 Å². The third-order valence-electron chi connectivity index (χ3n) is 4.44. The van der Waals surface area contributed by atoms with Crippen LogP contribution in [-0.4, -0.2) is 39.1 Å². The Hall–Kier alpha value is -2.80. The molecule has 0 aliphatic carbocycles. The standard InChI is InChI=1S/C23H30N6S/c1-5-24-23(26-14-19(4)30-21-9-7-6-8-10-21)27-16-20-11-12-22(25-15-20)29-18(3)13-17(2)28-29/h6-13,15,19H,5,14,16H2,1-4H3,(H2,24,26,27). The molecule has 1 atom stereocenters. The Morgan fingerprint density at radius 2 is 1.93 bits per heavy atom. The van der Waals surface area contributed by atoms with Crippen LogP contribution in [0.5, 0.6) is 0 Å². The molecule has 0 saturated carbocycles. The molecule has 0 aliphatic heterocycles. The van der Waals surface area contributed by atoms with Crippen molar-refractivity contribution >= 4 is 17.7 Å². The minimum atomic E-state index is 0.429. The van der Waals surface area contributed by atoms with Gasteiger partial charge in [0.15, 0.2) is 11.8 Å². The third kappa shape index (κ3) is 6.35. The van der Waals surface area contributed by atoms with E-state index in [0.717, 1.165) is 41.8 Å². The summed E-state index contributed by atoms with van der Waals surface area (Å²) < 4.78 is 1.86. The van der Waals surface area contributed by atoms with Gasteiger partial charge in [-0.1, -0.05) is 31.2 Å². The second-order valence-corrected chi connectivity index (χ2v) is 8.69. The minimum Gasteiger partial charge on any atom is -0.357 e. The van der Waals surface area contributed by atoms with E-state index in [9.17, 15) is 0 Å². The van der Waals surface area contributed by atoms with Crippen LogP contribution in [0, 0.1) is 13.8 Å². The highest BCUT2D eigenvalue weighted by Crippen LogP contribution is 2.21. The van der Waals surface area contributed by atoms with Crippen molar-refractivity contribution in [3.05, 3.63) is 71.7 Å². The minimum absolute atomic E-state index is 0.429. The Bertz CT molecular complexity index is 950. The molecule has 3 aromatic rings. The summed E-state index contributed by atoms with van der Waals surface area (Å²) in [5.41, 5.74) is 3.13. The van der Waals surface area contributed by atoms with Crippen molar-refractivity contribution in [1.29, 1.82) is 0 Å². The lowest BCUT2D eigenvalue weighted by Crippen LogP contribution is -2.40. The average molecular weight is 423 g/mol. The zero-order chi connectivity index (χ0) is 21.3. The van der Waals surface area contributed by atoms with Crippen LogP contribution in [0.3, 0.4) is 0 Å². The Morgan fingerprint density at radius 1 is 1.13 bits per heavy atom. The molecule has 7 heteroatoms. The van der Waals surface area contributed by atoms with E-state index in [-0.39, 0.29) is 0 Å². The Labute approximate surface area is 183 Å². The van der Waals surface area contributed by atoms with E-state index in [4.69, 9.17) is 4.99 Å². The van der Waals surface area contributed by atoms with Crippen LogP contribution in [0.1, 0.15) is 30.8 Å². The smallest absolute Gasteiger partial charge is 0.191 e. The van der Waals surface area contributed by atoms with Crippen LogP contribution in [0.15, 0.2) is 64.6 Å². The fourth-order valence-corrected chi connectivity index (χ4v) is 3.97. The maximum atomic E-state index is 4.71. The second kappa shape index (κ2) is 10.8. The maximum absolute atomic E-state index is 4.71. The van der Waals surface area contributed by atoms with Gasteiger partial charge < -0.3 is 10.6 Å². The van der Waals surface area contributed by atoms with E-state index in [1.165, 1.54) is 4.90 Å². The summed E-state index contributed by atoms with van der Waals surface area (Å²) >= 11 is 1.86. The number of nitrogens with one attached hydrogen (secondary N) is 2. The van der Waals surface area contributed by atoms with E-state index >= 15 is 0 Å². The Morgan fingerprint density at radius 3 is 2.57 bits per heavy atom. The van der Waals surface area contributed by atoms with E-state index in [1.54, 1.807) is 0 Å². The molecule has 0 saturated heterocycles. The van der Waals surface area contributed by atoms with E-state index in [0.29, 0.717) is 11.8 Å². The highest BCUT2D eigenvalue weighted by atomic mass is 32.2.